The number of nitrogens with zero attached hydrogens (tertiary/aromatic N) is 1. The number of carboxylic acids is 1. The molecule has 0 aromatic rings. The molecule has 1 saturated heterocycles. The first-order valence-corrected chi connectivity index (χ1v) is 27.6. The molecule has 20 nitrogen and oxygen atoms in total. The maximum Gasteiger partial charge on any atom is 0.331 e. The summed E-state index contributed by atoms with van der Waals surface area (Å²) in [6.45, 7) is 13.0. The van der Waals surface area contributed by atoms with Crippen LogP contribution in [-0.2, 0) is 28.6 Å². The first kappa shape index (κ1) is 69.0. The molecule has 13 N–H and O–H groups in total. The Hall–Kier alpha value is -4.06. The van der Waals surface area contributed by atoms with E-state index < -0.39 is 133 Å². The largest absolute Gasteiger partial charge is 0.481 e. The SMILES string of the molecule is CN=C(NC)NCCCC=CCCCC(C)C1OC(=O)C=CC=CC(C)C(O)CC(O)C(C)C(O)CCC(C)C(O)CC2(O)OC(CC(OC(=O)CC(=O)O)CC(O)CC(O)C(C)C(O)C(C)=CC=CC1C)CC(O)C2O. The number of esters is 2. The molecule has 0 radical (unpaired) electrons. The number of aliphatic imine (C=N–C) groups is 1. The Morgan fingerprint density at radius 3 is 2.10 bits per heavy atom. The van der Waals surface area contributed by atoms with Crippen LogP contribution in [0.3, 0.4) is 0 Å². The van der Waals surface area contributed by atoms with Crippen LogP contribution in [0.5, 0.6) is 0 Å². The van der Waals surface area contributed by atoms with E-state index in [1.54, 1.807) is 66.0 Å². The number of aliphatic hydroxyl groups is 10. The number of allylic oxidation sites excluding steroid dienone is 6. The highest BCUT2D eigenvalue weighted by Crippen LogP contribution is 2.36. The average molecular weight is 1100 g/mol. The quantitative estimate of drug-likeness (QED) is 0.0332. The zero-order valence-electron chi connectivity index (χ0n) is 47.0. The Kier molecular flexibility index (Phi) is 31.9. The van der Waals surface area contributed by atoms with Crippen LogP contribution in [0.2, 0.25) is 0 Å². The topological polar surface area (TPSA) is 338 Å². The molecule has 19 atom stereocenters. The van der Waals surface area contributed by atoms with Gasteiger partial charge in [-0.2, -0.15) is 0 Å². The van der Waals surface area contributed by atoms with Gasteiger partial charge in [0.2, 0.25) is 0 Å². The van der Waals surface area contributed by atoms with Crippen molar-refractivity contribution in [3.63, 3.8) is 0 Å². The second kappa shape index (κ2) is 35.5. The molecule has 1 fully saturated rings. The van der Waals surface area contributed by atoms with Crippen molar-refractivity contribution in [2.75, 3.05) is 20.6 Å². The lowest BCUT2D eigenvalue weighted by molar-refractivity contribution is -0.333. The van der Waals surface area contributed by atoms with E-state index in [0.717, 1.165) is 44.6 Å². The number of guanidine groups is 1. The number of carbonyl (C=O) groups is 3. The van der Waals surface area contributed by atoms with Crippen LogP contribution in [0.1, 0.15) is 138 Å². The zero-order chi connectivity index (χ0) is 58.0. The van der Waals surface area contributed by atoms with Gasteiger partial charge in [-0.05, 0) is 75.7 Å². The second-order valence-electron chi connectivity index (χ2n) is 21.8. The van der Waals surface area contributed by atoms with Crippen molar-refractivity contribution >= 4 is 23.9 Å². The smallest absolute Gasteiger partial charge is 0.331 e. The fraction of sp³-hybridized carbons (Fsp3) is 0.754. The molecule has 442 valence electrons. The van der Waals surface area contributed by atoms with Crippen molar-refractivity contribution in [3.8, 4) is 0 Å². The third kappa shape index (κ3) is 25.3. The maximum atomic E-state index is 13.3. The molecule has 0 amide bonds. The van der Waals surface area contributed by atoms with Crippen LogP contribution in [0.4, 0.5) is 0 Å². The Morgan fingerprint density at radius 1 is 0.805 bits per heavy atom. The minimum atomic E-state index is -2.53. The highest BCUT2D eigenvalue weighted by molar-refractivity contribution is 5.90. The summed E-state index contributed by atoms with van der Waals surface area (Å²) in [6.07, 6.45) is 2.50. The van der Waals surface area contributed by atoms with Crippen molar-refractivity contribution in [2.45, 2.75) is 217 Å². The standard InChI is InChI=1S/C57H97N3O17/c1-34-19-15-16-23-51(70)76-54(37(4)20-14-12-10-11-13-17-26-60-56(58-8)59-9)38(5)22-18-21-36(3)53(72)40(7)46(64)28-41(61)27-42(75-52(71)32-50(68)69)29-43-30-48(66)55(73)57(74,77-43)33-49(67)35(2)24-25-44(62)39(6)47(65)31-45(34)63/h10-11,15-16,18-19,21-23,34-35,37-49,53-55,61-67,72-74H,12-14,17,20,24-33H2,1-9H3,(H,68,69)(H2,58,59,60). The fourth-order valence-electron chi connectivity index (χ4n) is 9.77. The first-order chi connectivity index (χ1) is 36.2. The van der Waals surface area contributed by atoms with E-state index in [4.69, 9.17) is 14.2 Å². The number of hydrogen-bond acceptors (Lipinski definition) is 17. The number of fused-ring (bicyclic) bond motifs is 2. The first-order valence-electron chi connectivity index (χ1n) is 27.6. The number of hydrogen-bond donors (Lipinski definition) is 13. The molecular formula is C57H97N3O17. The molecule has 2 heterocycles. The van der Waals surface area contributed by atoms with E-state index >= 15 is 0 Å². The molecular weight excluding hydrogens is 999 g/mol. The number of aliphatic carboxylic acids is 1. The lowest BCUT2D eigenvalue weighted by Gasteiger charge is -2.45. The van der Waals surface area contributed by atoms with Gasteiger partial charge in [0.05, 0.1) is 54.9 Å². The highest BCUT2D eigenvalue weighted by atomic mass is 16.7. The van der Waals surface area contributed by atoms with E-state index in [2.05, 4.69) is 27.8 Å². The molecule has 2 aliphatic rings. The van der Waals surface area contributed by atoms with Crippen LogP contribution < -0.4 is 10.6 Å². The number of aliphatic hydroxyl groups excluding tert-OH is 9. The molecule has 2 bridgehead atoms. The van der Waals surface area contributed by atoms with Crippen molar-refractivity contribution in [1.29, 1.82) is 0 Å². The summed E-state index contributed by atoms with van der Waals surface area (Å²) in [4.78, 5) is 41.5. The highest BCUT2D eigenvalue weighted by Gasteiger charge is 2.50. The van der Waals surface area contributed by atoms with Gasteiger partial charge in [-0.3, -0.25) is 14.6 Å². The van der Waals surface area contributed by atoms with Crippen LogP contribution in [-0.4, -0.2) is 180 Å². The molecule has 0 aromatic heterocycles. The number of cyclic esters (lactones) is 1. The predicted molar refractivity (Wildman–Crippen MR) is 292 cm³/mol. The van der Waals surface area contributed by atoms with Gasteiger partial charge < -0.3 is 81.0 Å². The number of rotatable bonds is 12. The van der Waals surface area contributed by atoms with E-state index in [1.165, 1.54) is 12.2 Å². The van der Waals surface area contributed by atoms with Gasteiger partial charge in [0.1, 0.15) is 24.7 Å². The molecule has 77 heavy (non-hydrogen) atoms. The van der Waals surface area contributed by atoms with E-state index in [-0.39, 0.29) is 56.8 Å². The van der Waals surface area contributed by atoms with Gasteiger partial charge in [0, 0.05) is 82.5 Å². The summed E-state index contributed by atoms with van der Waals surface area (Å²) >= 11 is 0. The Morgan fingerprint density at radius 2 is 1.45 bits per heavy atom. The fourth-order valence-corrected chi connectivity index (χ4v) is 9.77. The molecule has 0 aliphatic carbocycles. The van der Waals surface area contributed by atoms with Gasteiger partial charge in [-0.15, -0.1) is 0 Å². The summed E-state index contributed by atoms with van der Waals surface area (Å²) in [6, 6.07) is 0. The van der Waals surface area contributed by atoms with Crippen LogP contribution >= 0.6 is 0 Å². The average Bonchev–Trinajstić information content (AvgIpc) is 3.36. The molecule has 19 unspecified atom stereocenters. The summed E-state index contributed by atoms with van der Waals surface area (Å²) < 4.78 is 17.4. The van der Waals surface area contributed by atoms with Crippen LogP contribution in [0.15, 0.2) is 65.2 Å². The summed E-state index contributed by atoms with van der Waals surface area (Å²) in [5.74, 6) is -7.92. The van der Waals surface area contributed by atoms with E-state index in [9.17, 15) is 70.6 Å². The second-order valence-corrected chi connectivity index (χ2v) is 21.8. The van der Waals surface area contributed by atoms with Gasteiger partial charge >= 0.3 is 17.9 Å². The number of ether oxygens (including phenoxy) is 3. The lowest BCUT2D eigenvalue weighted by atomic mass is 9.83. The minimum Gasteiger partial charge on any atom is -0.481 e. The molecule has 0 aromatic carbocycles. The zero-order valence-corrected chi connectivity index (χ0v) is 47.0. The Balaban J connectivity index is 2.43. The molecule has 0 saturated carbocycles. The van der Waals surface area contributed by atoms with Gasteiger partial charge in [-0.25, -0.2) is 4.79 Å². The van der Waals surface area contributed by atoms with Crippen LogP contribution in [0, 0.1) is 35.5 Å². The van der Waals surface area contributed by atoms with Gasteiger partial charge in [-0.1, -0.05) is 90.2 Å². The third-order valence-corrected chi connectivity index (χ3v) is 15.2. The van der Waals surface area contributed by atoms with Crippen molar-refractivity contribution < 1.29 is 84.8 Å². The molecule has 2 aliphatic heterocycles. The van der Waals surface area contributed by atoms with E-state index in [1.807, 2.05) is 27.0 Å². The summed E-state index contributed by atoms with van der Waals surface area (Å²) in [7, 11) is 3.53. The lowest BCUT2D eigenvalue weighted by Crippen LogP contribution is -2.60. The van der Waals surface area contributed by atoms with Gasteiger partial charge in [0.25, 0.3) is 0 Å². The monoisotopic (exact) mass is 1100 g/mol. The normalized spacial score (nSPS) is 36.2. The van der Waals surface area contributed by atoms with Crippen molar-refractivity contribution in [2.24, 2.45) is 40.5 Å². The molecule has 2 rings (SSSR count). The summed E-state index contributed by atoms with van der Waals surface area (Å²) in [5, 5.41) is 127. The number of nitrogens with one attached hydrogen (secondary N) is 2. The third-order valence-electron chi connectivity index (χ3n) is 15.2. The number of unbranched alkanes of at least 4 members (excludes halogenated alkanes) is 2. The van der Waals surface area contributed by atoms with Crippen molar-refractivity contribution in [3.05, 3.63) is 60.3 Å². The molecule has 20 heteroatoms. The predicted octanol–water partition coefficient (Wildman–Crippen LogP) is 3.49. The van der Waals surface area contributed by atoms with Crippen LogP contribution in [0.25, 0.3) is 0 Å². The Bertz CT molecular complexity index is 1930. The number of carboxylic acid groups (broad SMARTS) is 1. The van der Waals surface area contributed by atoms with E-state index in [0.29, 0.717) is 5.57 Å². The minimum absolute atomic E-state index is 0.0572. The molecule has 0 spiro atoms. The van der Waals surface area contributed by atoms with Gasteiger partial charge in [0.15, 0.2) is 11.7 Å². The summed E-state index contributed by atoms with van der Waals surface area (Å²) in [5.41, 5.74) is 0.482. The number of carbonyl (C=O) groups excluding carboxylic acids is 2. The Labute approximate surface area is 456 Å². The maximum absolute atomic E-state index is 13.3. The van der Waals surface area contributed by atoms with Crippen molar-refractivity contribution in [1.82, 2.24) is 10.6 Å².